The molecular formula is C39H37Cl2N5O4. The molecule has 0 saturated heterocycles. The molecule has 1 atom stereocenters. The Morgan fingerprint density at radius 2 is 1.78 bits per heavy atom. The summed E-state index contributed by atoms with van der Waals surface area (Å²) < 4.78 is 10.2. The largest absolute Gasteiger partial charge is 0.494 e. The van der Waals surface area contributed by atoms with Crippen LogP contribution in [0.15, 0.2) is 54.7 Å². The van der Waals surface area contributed by atoms with Crippen molar-refractivity contribution in [3.63, 3.8) is 0 Å². The van der Waals surface area contributed by atoms with Gasteiger partial charge in [0.15, 0.2) is 0 Å². The van der Waals surface area contributed by atoms with E-state index in [-0.39, 0.29) is 17.5 Å². The summed E-state index contributed by atoms with van der Waals surface area (Å²) >= 11 is 13.4. The third-order valence-electron chi connectivity index (χ3n) is 9.79. The number of halogens is 2. The first-order valence-corrected chi connectivity index (χ1v) is 17.3. The molecule has 3 aromatic heterocycles. The van der Waals surface area contributed by atoms with E-state index < -0.39 is 5.97 Å². The second kappa shape index (κ2) is 12.8. The number of ether oxygens (including phenoxy) is 1. The molecule has 7 rings (SSSR count). The number of hydrogen-bond donors (Lipinski definition) is 1. The van der Waals surface area contributed by atoms with Crippen LogP contribution in [0.2, 0.25) is 10.0 Å². The highest BCUT2D eigenvalue weighted by molar-refractivity contribution is 6.35. The lowest BCUT2D eigenvalue weighted by atomic mass is 9.98. The van der Waals surface area contributed by atoms with Crippen molar-refractivity contribution in [3.05, 3.63) is 104 Å². The monoisotopic (exact) mass is 709 g/mol. The molecular weight excluding hydrogens is 673 g/mol. The highest BCUT2D eigenvalue weighted by Crippen LogP contribution is 2.45. The van der Waals surface area contributed by atoms with E-state index in [1.54, 1.807) is 11.0 Å². The molecule has 0 spiro atoms. The number of para-hydroxylation sites is 1. The molecule has 0 saturated carbocycles. The van der Waals surface area contributed by atoms with Crippen LogP contribution in [0.3, 0.4) is 0 Å². The number of fused-ring (bicyclic) bond motifs is 4. The smallest absolute Gasteiger partial charge is 0.337 e. The summed E-state index contributed by atoms with van der Waals surface area (Å²) in [7, 11) is 1.92. The number of pyridine rings is 1. The average Bonchev–Trinajstić information content (AvgIpc) is 3.55. The maximum atomic E-state index is 14.9. The van der Waals surface area contributed by atoms with E-state index in [2.05, 4.69) is 16.5 Å². The topological polar surface area (TPSA) is 102 Å². The minimum atomic E-state index is -1.06. The van der Waals surface area contributed by atoms with Gasteiger partial charge < -0.3 is 19.3 Å². The molecule has 11 heteroatoms. The summed E-state index contributed by atoms with van der Waals surface area (Å²) in [5, 5.41) is 17.2. The van der Waals surface area contributed by atoms with Crippen LogP contribution >= 0.6 is 23.2 Å². The molecule has 3 aromatic carbocycles. The Balaban J connectivity index is 1.37. The van der Waals surface area contributed by atoms with Gasteiger partial charge in [0.25, 0.3) is 5.91 Å². The Hall–Kier alpha value is -4.86. The third kappa shape index (κ3) is 5.49. The zero-order chi connectivity index (χ0) is 35.6. The molecule has 4 heterocycles. The Morgan fingerprint density at radius 3 is 2.46 bits per heavy atom. The molecule has 0 aliphatic carbocycles. The van der Waals surface area contributed by atoms with Crippen molar-refractivity contribution in [2.75, 3.05) is 18.1 Å². The van der Waals surface area contributed by atoms with Crippen LogP contribution in [0.4, 0.5) is 5.69 Å². The Labute approximate surface area is 300 Å². The molecule has 1 unspecified atom stereocenters. The van der Waals surface area contributed by atoms with Gasteiger partial charge in [0, 0.05) is 58.4 Å². The summed E-state index contributed by atoms with van der Waals surface area (Å²) in [5.74, 6) is -0.451. The first-order valence-electron chi connectivity index (χ1n) is 16.6. The number of carbonyl (C=O) groups is 2. The highest BCUT2D eigenvalue weighted by atomic mass is 35.5. The number of aromatic nitrogens is 4. The summed E-state index contributed by atoms with van der Waals surface area (Å²) in [6, 6.07) is 14.8. The van der Waals surface area contributed by atoms with Crippen LogP contribution in [0, 0.1) is 27.7 Å². The van der Waals surface area contributed by atoms with Crippen molar-refractivity contribution in [2.45, 2.75) is 53.5 Å². The fourth-order valence-electron chi connectivity index (χ4n) is 7.42. The van der Waals surface area contributed by atoms with Crippen LogP contribution in [0.1, 0.15) is 68.3 Å². The summed E-state index contributed by atoms with van der Waals surface area (Å²) in [5.41, 5.74) is 9.30. The highest BCUT2D eigenvalue weighted by Gasteiger charge is 2.37. The van der Waals surface area contributed by atoms with E-state index in [9.17, 15) is 14.7 Å². The minimum absolute atomic E-state index is 0.0898. The molecule has 9 nitrogen and oxygen atoms in total. The van der Waals surface area contributed by atoms with Crippen molar-refractivity contribution < 1.29 is 19.4 Å². The molecule has 1 aliphatic rings. The number of anilines is 1. The van der Waals surface area contributed by atoms with Crippen LogP contribution in [0.5, 0.6) is 5.75 Å². The van der Waals surface area contributed by atoms with Crippen molar-refractivity contribution >= 4 is 62.6 Å². The summed E-state index contributed by atoms with van der Waals surface area (Å²) in [4.78, 5) is 32.9. The number of benzene rings is 3. The first-order chi connectivity index (χ1) is 23.9. The number of aryl methyl sites for hydroxylation is 5. The van der Waals surface area contributed by atoms with Crippen molar-refractivity contribution in [3.8, 4) is 16.9 Å². The molecule has 1 aliphatic heterocycles. The van der Waals surface area contributed by atoms with Gasteiger partial charge in [-0.25, -0.2) is 4.79 Å². The lowest BCUT2D eigenvalue weighted by Crippen LogP contribution is -2.42. The van der Waals surface area contributed by atoms with E-state index in [1.807, 2.05) is 81.9 Å². The fraction of sp³-hybridized carbons (Fsp3) is 0.282. The maximum Gasteiger partial charge on any atom is 0.337 e. The minimum Gasteiger partial charge on any atom is -0.494 e. The second-order valence-electron chi connectivity index (χ2n) is 13.2. The van der Waals surface area contributed by atoms with E-state index >= 15 is 0 Å². The van der Waals surface area contributed by atoms with Crippen molar-refractivity contribution in [1.82, 2.24) is 19.3 Å². The predicted molar refractivity (Wildman–Crippen MR) is 198 cm³/mol. The molecule has 0 radical (unpaired) electrons. The van der Waals surface area contributed by atoms with Gasteiger partial charge in [-0.05, 0) is 94.5 Å². The molecule has 1 amide bonds. The zero-order valence-electron chi connectivity index (χ0n) is 28.8. The Morgan fingerprint density at radius 1 is 1.04 bits per heavy atom. The van der Waals surface area contributed by atoms with Gasteiger partial charge in [-0.2, -0.15) is 5.10 Å². The van der Waals surface area contributed by atoms with Crippen LogP contribution in [-0.2, 0) is 13.5 Å². The maximum absolute atomic E-state index is 14.9. The quantitative estimate of drug-likeness (QED) is 0.158. The predicted octanol–water partition coefficient (Wildman–Crippen LogP) is 9.06. The number of rotatable bonds is 8. The van der Waals surface area contributed by atoms with Gasteiger partial charge in [0.1, 0.15) is 11.4 Å². The van der Waals surface area contributed by atoms with Gasteiger partial charge in [-0.3, -0.25) is 14.5 Å². The summed E-state index contributed by atoms with van der Waals surface area (Å²) in [6.07, 6.45) is 2.58. The first kappa shape index (κ1) is 33.6. The normalized spacial score (nSPS) is 14.5. The molecule has 1 N–H and O–H groups in total. The number of nitrogens with zero attached hydrogens (tertiary/aromatic N) is 5. The van der Waals surface area contributed by atoms with Crippen LogP contribution in [0.25, 0.3) is 32.9 Å². The molecule has 0 fully saturated rings. The number of aromatic carboxylic acids is 1. The SMILES string of the molecule is Cc1cc(OCCCc2c3n(c4c(-c5c(C)nn(C)c5C)c(Cl)ccc24)C(C)CN(c2cccc4cc(C(=O)O)cnc24)C3=O)cc(C)c1Cl. The van der Waals surface area contributed by atoms with E-state index in [0.717, 1.165) is 60.9 Å². The van der Waals surface area contributed by atoms with Crippen molar-refractivity contribution in [2.24, 2.45) is 7.05 Å². The lowest BCUT2D eigenvalue weighted by Gasteiger charge is -2.34. The van der Waals surface area contributed by atoms with Gasteiger partial charge in [-0.15, -0.1) is 0 Å². The van der Waals surface area contributed by atoms with Gasteiger partial charge >= 0.3 is 5.97 Å². The summed E-state index contributed by atoms with van der Waals surface area (Å²) in [6.45, 7) is 10.9. The average molecular weight is 711 g/mol. The molecule has 6 aromatic rings. The standard InChI is InChI=1S/C39H37Cl2N5O4/c1-20-15-27(16-21(2)34(20)41)50-14-8-10-28-29-12-13-30(40)33(32-23(4)43-44(6)24(32)5)36(29)46-22(3)19-45(38(47)37(28)46)31-11-7-9-25-17-26(39(48)49)18-42-35(25)31/h7,9,11-13,15-18,22H,8,10,14,19H2,1-6H3,(H,48,49). The Bertz CT molecular complexity index is 2350. The van der Waals surface area contributed by atoms with Gasteiger partial charge in [-0.1, -0.05) is 41.4 Å². The number of carbonyl (C=O) groups excluding carboxylic acids is 1. The van der Waals surface area contributed by atoms with E-state index in [1.165, 1.54) is 6.20 Å². The molecule has 50 heavy (non-hydrogen) atoms. The number of hydrogen-bond acceptors (Lipinski definition) is 5. The second-order valence-corrected chi connectivity index (χ2v) is 13.9. The number of amides is 1. The zero-order valence-corrected chi connectivity index (χ0v) is 30.3. The van der Waals surface area contributed by atoms with Crippen LogP contribution < -0.4 is 9.64 Å². The van der Waals surface area contributed by atoms with E-state index in [0.29, 0.717) is 53.3 Å². The van der Waals surface area contributed by atoms with Crippen molar-refractivity contribution in [1.29, 1.82) is 0 Å². The van der Waals surface area contributed by atoms with E-state index in [4.69, 9.17) is 33.0 Å². The number of carboxylic acid groups (broad SMARTS) is 1. The molecule has 0 bridgehead atoms. The van der Waals surface area contributed by atoms with Gasteiger partial charge in [0.05, 0.1) is 39.6 Å². The number of carboxylic acids is 1. The Kier molecular flexibility index (Phi) is 8.60. The van der Waals surface area contributed by atoms with Gasteiger partial charge in [0.2, 0.25) is 0 Å². The van der Waals surface area contributed by atoms with Crippen LogP contribution in [-0.4, -0.2) is 49.5 Å². The fourth-order valence-corrected chi connectivity index (χ4v) is 7.77. The third-order valence-corrected chi connectivity index (χ3v) is 10.7. The molecule has 256 valence electrons. The lowest BCUT2D eigenvalue weighted by molar-refractivity contribution is 0.0696.